The van der Waals surface area contributed by atoms with E-state index in [-0.39, 0.29) is 0 Å². The van der Waals surface area contributed by atoms with E-state index in [1.807, 2.05) is 6.20 Å². The Balaban J connectivity index is 1.78. The smallest absolute Gasteiger partial charge is 0.112 e. The van der Waals surface area contributed by atoms with Gasteiger partial charge in [0.2, 0.25) is 0 Å². The summed E-state index contributed by atoms with van der Waals surface area (Å²) in [7, 11) is 0. The molecule has 2 heterocycles. The van der Waals surface area contributed by atoms with Crippen LogP contribution in [0.4, 0.5) is 0 Å². The average molecular weight is 241 g/mol. The van der Waals surface area contributed by atoms with Crippen molar-refractivity contribution in [3.8, 4) is 11.3 Å². The highest BCUT2D eigenvalue weighted by atomic mass is 15.0. The summed E-state index contributed by atoms with van der Waals surface area (Å²) >= 11 is 0. The topological polar surface area (TPSA) is 40.7 Å². The number of benzene rings is 1. The number of imidazole rings is 1. The normalized spacial score (nSPS) is 15.6. The van der Waals surface area contributed by atoms with Crippen molar-refractivity contribution in [1.29, 1.82) is 0 Å². The lowest BCUT2D eigenvalue weighted by Gasteiger charge is -2.24. The maximum Gasteiger partial charge on any atom is 0.112 e. The lowest BCUT2D eigenvalue weighted by molar-refractivity contribution is 0.433. The highest BCUT2D eigenvalue weighted by Gasteiger charge is 2.21. The highest BCUT2D eigenvalue weighted by Crippen LogP contribution is 2.22. The molecule has 1 fully saturated rings. The molecule has 0 bridgehead atoms. The molecule has 1 aliphatic rings. The molecule has 0 radical (unpaired) electrons. The molecule has 0 atom stereocenters. The number of nitrogens with zero attached hydrogens (tertiary/aromatic N) is 1. The van der Waals surface area contributed by atoms with Crippen LogP contribution in [-0.4, -0.2) is 23.1 Å². The molecule has 18 heavy (non-hydrogen) atoms. The van der Waals surface area contributed by atoms with Crippen molar-refractivity contribution in [1.82, 2.24) is 15.3 Å². The molecule has 3 rings (SSSR count). The first-order chi connectivity index (χ1) is 8.86. The molecule has 1 aromatic carbocycles. The Bertz CT molecular complexity index is 509. The largest absolute Gasteiger partial charge is 0.342 e. The summed E-state index contributed by atoms with van der Waals surface area (Å²) in [5, 5.41) is 3.27. The van der Waals surface area contributed by atoms with Gasteiger partial charge >= 0.3 is 0 Å². The Morgan fingerprint density at radius 3 is 2.61 bits per heavy atom. The fourth-order valence-electron chi connectivity index (χ4n) is 2.31. The van der Waals surface area contributed by atoms with Crippen molar-refractivity contribution in [2.75, 3.05) is 13.1 Å². The SMILES string of the molecule is CCCc1ccc(-c2cnc(C3CNC3)[nH]2)cc1. The zero-order chi connectivity index (χ0) is 12.4. The van der Waals surface area contributed by atoms with E-state index in [9.17, 15) is 0 Å². The molecule has 94 valence electrons. The second-order valence-corrected chi connectivity index (χ2v) is 4.98. The number of nitrogens with one attached hydrogen (secondary N) is 2. The maximum atomic E-state index is 4.48. The molecule has 1 aromatic heterocycles. The Labute approximate surface area is 108 Å². The van der Waals surface area contributed by atoms with Crippen LogP contribution in [-0.2, 0) is 6.42 Å². The zero-order valence-corrected chi connectivity index (χ0v) is 10.7. The monoisotopic (exact) mass is 241 g/mol. The lowest BCUT2D eigenvalue weighted by Crippen LogP contribution is -2.40. The number of aromatic amines is 1. The maximum absolute atomic E-state index is 4.48. The molecule has 0 aliphatic carbocycles. The summed E-state index contributed by atoms with van der Waals surface area (Å²) < 4.78 is 0. The van der Waals surface area contributed by atoms with Gasteiger partial charge in [0.1, 0.15) is 5.82 Å². The summed E-state index contributed by atoms with van der Waals surface area (Å²) in [6.07, 6.45) is 4.30. The predicted octanol–water partition coefficient (Wildman–Crippen LogP) is 2.72. The fraction of sp³-hybridized carbons (Fsp3) is 0.400. The van der Waals surface area contributed by atoms with Gasteiger partial charge in [-0.25, -0.2) is 4.98 Å². The first-order valence-electron chi connectivity index (χ1n) is 6.71. The molecule has 2 N–H and O–H groups in total. The Kier molecular flexibility index (Phi) is 3.15. The second kappa shape index (κ2) is 4.94. The van der Waals surface area contributed by atoms with Crippen LogP contribution in [0.3, 0.4) is 0 Å². The first-order valence-corrected chi connectivity index (χ1v) is 6.71. The van der Waals surface area contributed by atoms with Gasteiger partial charge in [0.05, 0.1) is 11.9 Å². The van der Waals surface area contributed by atoms with Gasteiger partial charge in [-0.1, -0.05) is 37.6 Å². The van der Waals surface area contributed by atoms with Crippen molar-refractivity contribution >= 4 is 0 Å². The predicted molar refractivity (Wildman–Crippen MR) is 73.6 cm³/mol. The fourth-order valence-corrected chi connectivity index (χ4v) is 2.31. The van der Waals surface area contributed by atoms with Gasteiger partial charge in [-0.15, -0.1) is 0 Å². The number of aryl methyl sites for hydroxylation is 1. The molecule has 1 saturated heterocycles. The van der Waals surface area contributed by atoms with E-state index < -0.39 is 0 Å². The third-order valence-corrected chi connectivity index (χ3v) is 3.57. The van der Waals surface area contributed by atoms with Crippen LogP contribution >= 0.6 is 0 Å². The summed E-state index contributed by atoms with van der Waals surface area (Å²) in [4.78, 5) is 7.91. The van der Waals surface area contributed by atoms with E-state index in [2.05, 4.69) is 46.5 Å². The molecule has 0 saturated carbocycles. The molecular weight excluding hydrogens is 222 g/mol. The minimum atomic E-state index is 0.568. The first kappa shape index (κ1) is 11.5. The quantitative estimate of drug-likeness (QED) is 0.864. The van der Waals surface area contributed by atoms with Crippen LogP contribution in [0.2, 0.25) is 0 Å². The van der Waals surface area contributed by atoms with E-state index >= 15 is 0 Å². The molecule has 2 aromatic rings. The van der Waals surface area contributed by atoms with Gasteiger partial charge in [0, 0.05) is 19.0 Å². The molecule has 0 amide bonds. The third-order valence-electron chi connectivity index (χ3n) is 3.57. The van der Waals surface area contributed by atoms with Crippen LogP contribution < -0.4 is 5.32 Å². The zero-order valence-electron chi connectivity index (χ0n) is 10.7. The van der Waals surface area contributed by atoms with Crippen molar-refractivity contribution in [2.24, 2.45) is 0 Å². The highest BCUT2D eigenvalue weighted by molar-refractivity contribution is 5.59. The van der Waals surface area contributed by atoms with Crippen molar-refractivity contribution in [3.63, 3.8) is 0 Å². The second-order valence-electron chi connectivity index (χ2n) is 4.98. The molecular formula is C15H19N3. The van der Waals surface area contributed by atoms with Gasteiger partial charge < -0.3 is 10.3 Å². The molecule has 1 aliphatic heterocycles. The van der Waals surface area contributed by atoms with Gasteiger partial charge in [0.15, 0.2) is 0 Å². The number of aromatic nitrogens is 2. The van der Waals surface area contributed by atoms with Gasteiger partial charge in [-0.3, -0.25) is 0 Å². The number of rotatable bonds is 4. The van der Waals surface area contributed by atoms with Gasteiger partial charge in [0.25, 0.3) is 0 Å². The van der Waals surface area contributed by atoms with E-state index in [1.54, 1.807) is 0 Å². The summed E-state index contributed by atoms with van der Waals surface area (Å²) in [5.41, 5.74) is 3.75. The van der Waals surface area contributed by atoms with E-state index in [1.165, 1.54) is 17.5 Å². The average Bonchev–Trinajstić information content (AvgIpc) is 2.77. The van der Waals surface area contributed by atoms with Crippen LogP contribution in [0, 0.1) is 0 Å². The Morgan fingerprint density at radius 1 is 1.22 bits per heavy atom. The Hall–Kier alpha value is -1.61. The molecule has 3 nitrogen and oxygen atoms in total. The summed E-state index contributed by atoms with van der Waals surface area (Å²) in [6, 6.07) is 8.79. The standard InChI is InChI=1S/C15H19N3/c1-2-3-11-4-6-12(7-5-11)14-10-17-15(18-14)13-8-16-9-13/h4-7,10,13,16H,2-3,8-9H2,1H3,(H,17,18). The number of hydrogen-bond donors (Lipinski definition) is 2. The molecule has 0 unspecified atom stereocenters. The van der Waals surface area contributed by atoms with Crippen LogP contribution in [0.25, 0.3) is 11.3 Å². The molecule has 3 heteroatoms. The minimum absolute atomic E-state index is 0.568. The summed E-state index contributed by atoms with van der Waals surface area (Å²) in [5.74, 6) is 1.68. The number of hydrogen-bond acceptors (Lipinski definition) is 2. The van der Waals surface area contributed by atoms with Crippen molar-refractivity contribution in [2.45, 2.75) is 25.7 Å². The van der Waals surface area contributed by atoms with Crippen molar-refractivity contribution in [3.05, 3.63) is 41.9 Å². The number of H-pyrrole nitrogens is 1. The van der Waals surface area contributed by atoms with E-state index in [0.29, 0.717) is 5.92 Å². The minimum Gasteiger partial charge on any atom is -0.342 e. The van der Waals surface area contributed by atoms with Gasteiger partial charge in [-0.05, 0) is 17.5 Å². The van der Waals surface area contributed by atoms with Crippen LogP contribution in [0.5, 0.6) is 0 Å². The third kappa shape index (κ3) is 2.18. The van der Waals surface area contributed by atoms with Crippen LogP contribution in [0.15, 0.2) is 30.5 Å². The summed E-state index contributed by atoms with van der Waals surface area (Å²) in [6.45, 7) is 4.30. The lowest BCUT2D eigenvalue weighted by atomic mass is 10.0. The van der Waals surface area contributed by atoms with Crippen molar-refractivity contribution < 1.29 is 0 Å². The van der Waals surface area contributed by atoms with Crippen LogP contribution in [0.1, 0.15) is 30.7 Å². The Morgan fingerprint density at radius 2 is 2.00 bits per heavy atom. The van der Waals surface area contributed by atoms with E-state index in [4.69, 9.17) is 0 Å². The molecule has 0 spiro atoms. The van der Waals surface area contributed by atoms with E-state index in [0.717, 1.165) is 31.0 Å². The van der Waals surface area contributed by atoms with Gasteiger partial charge in [-0.2, -0.15) is 0 Å².